The summed E-state index contributed by atoms with van der Waals surface area (Å²) < 4.78 is 26.9. The van der Waals surface area contributed by atoms with Gasteiger partial charge in [0.05, 0.1) is 0 Å². The lowest BCUT2D eigenvalue weighted by atomic mass is 9.82. The van der Waals surface area contributed by atoms with Crippen LogP contribution < -0.4 is 0 Å². The fraction of sp³-hybridized carbons (Fsp3) is 1.00. The molecule has 0 aromatic rings. The molecule has 0 amide bonds. The number of nitrogens with zero attached hydrogens (tertiary/aromatic N) is 2. The Morgan fingerprint density at radius 2 is 1.56 bits per heavy atom. The van der Waals surface area contributed by atoms with Crippen LogP contribution in [0.3, 0.4) is 0 Å². The molecule has 18 heavy (non-hydrogen) atoms. The SMILES string of the molecule is CN(C)S(=O)(=O)N(C)CC1(CS)CCCCCC1. The molecule has 0 aliphatic heterocycles. The molecule has 1 aliphatic carbocycles. The van der Waals surface area contributed by atoms with E-state index in [2.05, 4.69) is 12.6 Å². The van der Waals surface area contributed by atoms with E-state index in [9.17, 15) is 8.42 Å². The van der Waals surface area contributed by atoms with Gasteiger partial charge in [-0.25, -0.2) is 0 Å². The fourth-order valence-electron chi connectivity index (χ4n) is 2.68. The maximum absolute atomic E-state index is 12.1. The molecule has 1 aliphatic rings. The van der Waals surface area contributed by atoms with Gasteiger partial charge in [0.1, 0.15) is 0 Å². The van der Waals surface area contributed by atoms with Crippen LogP contribution in [-0.4, -0.2) is 50.5 Å². The molecule has 0 bridgehead atoms. The van der Waals surface area contributed by atoms with Crippen LogP contribution in [0.5, 0.6) is 0 Å². The van der Waals surface area contributed by atoms with Gasteiger partial charge in [0.25, 0.3) is 10.2 Å². The molecular weight excluding hydrogens is 268 g/mol. The second-order valence-corrected chi connectivity index (χ2v) is 8.18. The highest BCUT2D eigenvalue weighted by Crippen LogP contribution is 2.37. The molecule has 0 aromatic heterocycles. The average molecular weight is 294 g/mol. The third-order valence-electron chi connectivity index (χ3n) is 3.91. The topological polar surface area (TPSA) is 40.6 Å². The molecule has 0 atom stereocenters. The van der Waals surface area contributed by atoms with Crippen LogP contribution in [-0.2, 0) is 10.2 Å². The highest BCUT2D eigenvalue weighted by Gasteiger charge is 2.34. The first-order chi connectivity index (χ1) is 8.34. The molecule has 0 heterocycles. The summed E-state index contributed by atoms with van der Waals surface area (Å²) in [5.74, 6) is 0.764. The van der Waals surface area contributed by atoms with Crippen molar-refractivity contribution in [3.05, 3.63) is 0 Å². The van der Waals surface area contributed by atoms with Crippen LogP contribution in [0.15, 0.2) is 0 Å². The average Bonchev–Trinajstić information content (AvgIpc) is 2.55. The van der Waals surface area contributed by atoms with Crippen LogP contribution >= 0.6 is 12.6 Å². The summed E-state index contributed by atoms with van der Waals surface area (Å²) in [4.78, 5) is 0. The number of hydrogen-bond acceptors (Lipinski definition) is 3. The van der Waals surface area contributed by atoms with Crippen molar-refractivity contribution in [3.8, 4) is 0 Å². The number of hydrogen-bond donors (Lipinski definition) is 1. The Morgan fingerprint density at radius 1 is 1.06 bits per heavy atom. The zero-order chi connectivity index (χ0) is 13.8. The van der Waals surface area contributed by atoms with Gasteiger partial charge in [0.15, 0.2) is 0 Å². The molecule has 6 heteroatoms. The molecule has 4 nitrogen and oxygen atoms in total. The van der Waals surface area contributed by atoms with E-state index in [4.69, 9.17) is 0 Å². The standard InChI is InChI=1S/C12H26N2O2S2/c1-13(2)18(15,16)14(3)10-12(11-17)8-6-4-5-7-9-12/h17H,4-11H2,1-3H3. The van der Waals surface area contributed by atoms with Crippen LogP contribution in [0.4, 0.5) is 0 Å². The second kappa shape index (κ2) is 6.59. The van der Waals surface area contributed by atoms with Gasteiger partial charge in [-0.3, -0.25) is 0 Å². The molecule has 1 saturated carbocycles. The Morgan fingerprint density at radius 3 is 1.94 bits per heavy atom. The van der Waals surface area contributed by atoms with Crippen molar-refractivity contribution < 1.29 is 8.42 Å². The third kappa shape index (κ3) is 3.85. The summed E-state index contributed by atoms with van der Waals surface area (Å²) in [6.07, 6.45) is 7.08. The molecule has 108 valence electrons. The quantitative estimate of drug-likeness (QED) is 0.622. The van der Waals surface area contributed by atoms with Gasteiger partial charge in [0, 0.05) is 27.7 Å². The predicted molar refractivity (Wildman–Crippen MR) is 79.2 cm³/mol. The minimum atomic E-state index is -3.30. The zero-order valence-electron chi connectivity index (χ0n) is 11.7. The Balaban J connectivity index is 2.79. The molecule has 1 rings (SSSR count). The Hall–Kier alpha value is 0.220. The van der Waals surface area contributed by atoms with E-state index in [1.54, 1.807) is 21.1 Å². The lowest BCUT2D eigenvalue weighted by Crippen LogP contribution is -2.44. The fourth-order valence-corrected chi connectivity index (χ4v) is 4.09. The summed E-state index contributed by atoms with van der Waals surface area (Å²) in [7, 11) is 1.52. The van der Waals surface area contributed by atoms with Crippen molar-refractivity contribution in [1.82, 2.24) is 8.61 Å². The van der Waals surface area contributed by atoms with Crippen LogP contribution in [0, 0.1) is 5.41 Å². The molecule has 0 spiro atoms. The van der Waals surface area contributed by atoms with E-state index in [0.717, 1.165) is 18.6 Å². The number of rotatable bonds is 5. The van der Waals surface area contributed by atoms with Crippen molar-refractivity contribution in [3.63, 3.8) is 0 Å². The maximum atomic E-state index is 12.1. The minimum absolute atomic E-state index is 0.0530. The first-order valence-electron chi connectivity index (χ1n) is 6.59. The van der Waals surface area contributed by atoms with Gasteiger partial charge in [-0.1, -0.05) is 25.7 Å². The number of thiol groups is 1. The first-order valence-corrected chi connectivity index (χ1v) is 8.62. The lowest BCUT2D eigenvalue weighted by molar-refractivity contribution is 0.225. The monoisotopic (exact) mass is 294 g/mol. The summed E-state index contributed by atoms with van der Waals surface area (Å²) in [5, 5.41) is 0. The lowest BCUT2D eigenvalue weighted by Gasteiger charge is -2.35. The van der Waals surface area contributed by atoms with Gasteiger partial charge >= 0.3 is 0 Å². The van der Waals surface area contributed by atoms with E-state index >= 15 is 0 Å². The molecule has 0 aromatic carbocycles. The molecule has 0 saturated heterocycles. The van der Waals surface area contributed by atoms with E-state index in [1.165, 1.54) is 34.3 Å². The smallest absolute Gasteiger partial charge is 0.195 e. The molecule has 0 N–H and O–H groups in total. The second-order valence-electron chi connectivity index (χ2n) is 5.62. The van der Waals surface area contributed by atoms with Gasteiger partial charge in [-0.15, -0.1) is 0 Å². The summed E-state index contributed by atoms with van der Waals surface area (Å²) in [6.45, 7) is 0.580. The Kier molecular flexibility index (Phi) is 5.96. The summed E-state index contributed by atoms with van der Waals surface area (Å²) in [6, 6.07) is 0. The minimum Gasteiger partial charge on any atom is -0.195 e. The Bertz CT molecular complexity index is 347. The highest BCUT2D eigenvalue weighted by atomic mass is 32.2. The summed E-state index contributed by atoms with van der Waals surface area (Å²) >= 11 is 4.48. The van der Waals surface area contributed by atoms with Crippen molar-refractivity contribution >= 4 is 22.8 Å². The zero-order valence-corrected chi connectivity index (χ0v) is 13.4. The predicted octanol–water partition coefficient (Wildman–Crippen LogP) is 2.00. The molecule has 0 radical (unpaired) electrons. The third-order valence-corrected chi connectivity index (χ3v) is 6.42. The molecular formula is C12H26N2O2S2. The van der Waals surface area contributed by atoms with Crippen molar-refractivity contribution in [1.29, 1.82) is 0 Å². The van der Waals surface area contributed by atoms with Crippen molar-refractivity contribution in [2.75, 3.05) is 33.4 Å². The van der Waals surface area contributed by atoms with Crippen LogP contribution in [0.1, 0.15) is 38.5 Å². The maximum Gasteiger partial charge on any atom is 0.281 e. The van der Waals surface area contributed by atoms with E-state index in [0.29, 0.717) is 6.54 Å². The highest BCUT2D eigenvalue weighted by molar-refractivity contribution is 7.86. The van der Waals surface area contributed by atoms with E-state index in [1.807, 2.05) is 0 Å². The molecule has 0 unspecified atom stereocenters. The van der Waals surface area contributed by atoms with Gasteiger partial charge in [-0.2, -0.15) is 29.7 Å². The van der Waals surface area contributed by atoms with Crippen LogP contribution in [0.2, 0.25) is 0 Å². The van der Waals surface area contributed by atoms with E-state index in [-0.39, 0.29) is 5.41 Å². The Labute approximate surface area is 117 Å². The van der Waals surface area contributed by atoms with Gasteiger partial charge < -0.3 is 0 Å². The van der Waals surface area contributed by atoms with E-state index < -0.39 is 10.2 Å². The normalized spacial score (nSPS) is 21.2. The van der Waals surface area contributed by atoms with Crippen LogP contribution in [0.25, 0.3) is 0 Å². The summed E-state index contributed by atoms with van der Waals surface area (Å²) in [5.41, 5.74) is 0.0530. The van der Waals surface area contributed by atoms with Crippen molar-refractivity contribution in [2.24, 2.45) is 5.41 Å². The molecule has 1 fully saturated rings. The van der Waals surface area contributed by atoms with Crippen molar-refractivity contribution in [2.45, 2.75) is 38.5 Å². The first kappa shape index (κ1) is 16.3. The van der Waals surface area contributed by atoms with Gasteiger partial charge in [0.2, 0.25) is 0 Å². The van der Waals surface area contributed by atoms with Gasteiger partial charge in [-0.05, 0) is 24.0 Å². The largest absolute Gasteiger partial charge is 0.281 e.